The average molecular weight is 283 g/mol. The molecule has 0 fully saturated rings. The van der Waals surface area contributed by atoms with Crippen molar-refractivity contribution >= 4 is 21.6 Å². The van der Waals surface area contributed by atoms with Crippen molar-refractivity contribution < 1.29 is 0 Å². The van der Waals surface area contributed by atoms with Gasteiger partial charge in [-0.25, -0.2) is 4.98 Å². The standard InChI is InChI=1S/C16H17N3S/c1-11(13-7-9-17-10-8-13)18-12(2)16-19-14-5-3-4-6-15(14)20-16/h3-12,18H,1-2H3/t11-,12?/m1/s1. The Morgan fingerprint density at radius 2 is 1.75 bits per heavy atom. The first-order valence-corrected chi connectivity index (χ1v) is 7.57. The quantitative estimate of drug-likeness (QED) is 0.783. The van der Waals surface area contributed by atoms with E-state index in [4.69, 9.17) is 4.98 Å². The van der Waals surface area contributed by atoms with Crippen LogP contribution < -0.4 is 5.32 Å². The lowest BCUT2D eigenvalue weighted by Gasteiger charge is -2.18. The van der Waals surface area contributed by atoms with E-state index in [9.17, 15) is 0 Å². The first-order valence-electron chi connectivity index (χ1n) is 6.75. The fourth-order valence-corrected chi connectivity index (χ4v) is 3.25. The van der Waals surface area contributed by atoms with E-state index in [1.54, 1.807) is 11.3 Å². The van der Waals surface area contributed by atoms with Crippen LogP contribution in [0.4, 0.5) is 0 Å². The molecule has 3 aromatic rings. The summed E-state index contributed by atoms with van der Waals surface area (Å²) in [6.07, 6.45) is 3.66. The van der Waals surface area contributed by atoms with Gasteiger partial charge in [0.05, 0.1) is 16.3 Å². The van der Waals surface area contributed by atoms with Crippen LogP contribution in [0.15, 0.2) is 48.8 Å². The maximum Gasteiger partial charge on any atom is 0.111 e. The first-order chi connectivity index (χ1) is 9.74. The molecule has 0 saturated heterocycles. The number of fused-ring (bicyclic) bond motifs is 1. The van der Waals surface area contributed by atoms with E-state index < -0.39 is 0 Å². The molecule has 0 aliphatic rings. The zero-order chi connectivity index (χ0) is 13.9. The predicted octanol–water partition coefficient (Wildman–Crippen LogP) is 4.10. The molecule has 2 atom stereocenters. The Labute approximate surface area is 122 Å². The summed E-state index contributed by atoms with van der Waals surface area (Å²) in [6.45, 7) is 4.33. The lowest BCUT2D eigenvalue weighted by atomic mass is 10.1. The summed E-state index contributed by atoms with van der Waals surface area (Å²) in [5, 5.41) is 4.73. The molecule has 102 valence electrons. The van der Waals surface area contributed by atoms with Gasteiger partial charge in [0.25, 0.3) is 0 Å². The van der Waals surface area contributed by atoms with Crippen molar-refractivity contribution in [3.8, 4) is 0 Å². The van der Waals surface area contributed by atoms with Crippen LogP contribution in [0.5, 0.6) is 0 Å². The van der Waals surface area contributed by atoms with E-state index >= 15 is 0 Å². The van der Waals surface area contributed by atoms with E-state index in [0.717, 1.165) is 10.5 Å². The molecule has 3 nitrogen and oxygen atoms in total. The second-order valence-corrected chi connectivity index (χ2v) is 5.97. The highest BCUT2D eigenvalue weighted by Gasteiger charge is 2.14. The Morgan fingerprint density at radius 1 is 1.00 bits per heavy atom. The summed E-state index contributed by atoms with van der Waals surface area (Å²) in [7, 11) is 0. The third-order valence-corrected chi connectivity index (χ3v) is 4.61. The number of para-hydroxylation sites is 1. The fourth-order valence-electron chi connectivity index (χ4n) is 2.27. The van der Waals surface area contributed by atoms with Crippen LogP contribution in [-0.4, -0.2) is 9.97 Å². The van der Waals surface area contributed by atoms with Gasteiger partial charge in [-0.05, 0) is 43.7 Å². The van der Waals surface area contributed by atoms with Gasteiger partial charge in [-0.2, -0.15) is 0 Å². The molecule has 0 aliphatic carbocycles. The molecule has 2 heterocycles. The van der Waals surface area contributed by atoms with Crippen LogP contribution in [0.25, 0.3) is 10.2 Å². The number of nitrogens with one attached hydrogen (secondary N) is 1. The number of nitrogens with zero attached hydrogens (tertiary/aromatic N) is 2. The normalized spacial score (nSPS) is 14.3. The van der Waals surface area contributed by atoms with Gasteiger partial charge < -0.3 is 5.32 Å². The lowest BCUT2D eigenvalue weighted by molar-refractivity contribution is 0.493. The summed E-state index contributed by atoms with van der Waals surface area (Å²) in [6, 6.07) is 12.9. The molecule has 1 aromatic carbocycles. The summed E-state index contributed by atoms with van der Waals surface area (Å²) in [5.41, 5.74) is 2.32. The number of aromatic nitrogens is 2. The SMILES string of the molecule is CC(N[C@H](C)c1ccncc1)c1nc2ccccc2s1. The molecule has 0 spiro atoms. The van der Waals surface area contributed by atoms with Crippen molar-refractivity contribution in [2.24, 2.45) is 0 Å². The molecule has 3 rings (SSSR count). The lowest BCUT2D eigenvalue weighted by Crippen LogP contribution is -2.22. The van der Waals surface area contributed by atoms with Crippen molar-refractivity contribution in [1.82, 2.24) is 15.3 Å². The monoisotopic (exact) mass is 283 g/mol. The molecule has 20 heavy (non-hydrogen) atoms. The molecule has 4 heteroatoms. The second kappa shape index (κ2) is 5.69. The molecule has 0 bridgehead atoms. The highest BCUT2D eigenvalue weighted by atomic mass is 32.1. The van der Waals surface area contributed by atoms with Gasteiger partial charge >= 0.3 is 0 Å². The average Bonchev–Trinajstić information content (AvgIpc) is 2.92. The van der Waals surface area contributed by atoms with E-state index in [1.165, 1.54) is 10.3 Å². The zero-order valence-electron chi connectivity index (χ0n) is 11.6. The van der Waals surface area contributed by atoms with Crippen LogP contribution >= 0.6 is 11.3 Å². The smallest absolute Gasteiger partial charge is 0.111 e. The van der Waals surface area contributed by atoms with Gasteiger partial charge in [-0.15, -0.1) is 11.3 Å². The van der Waals surface area contributed by atoms with Crippen LogP contribution in [0.3, 0.4) is 0 Å². The van der Waals surface area contributed by atoms with Crippen LogP contribution in [-0.2, 0) is 0 Å². The molecule has 1 N–H and O–H groups in total. The van der Waals surface area contributed by atoms with Crippen molar-refractivity contribution in [3.05, 3.63) is 59.4 Å². The van der Waals surface area contributed by atoms with Crippen LogP contribution in [0.1, 0.15) is 36.5 Å². The third-order valence-electron chi connectivity index (χ3n) is 3.39. The van der Waals surface area contributed by atoms with Crippen LogP contribution in [0.2, 0.25) is 0 Å². The Kier molecular flexibility index (Phi) is 3.76. The van der Waals surface area contributed by atoms with Gasteiger partial charge in [0, 0.05) is 18.4 Å². The van der Waals surface area contributed by atoms with Crippen molar-refractivity contribution in [2.75, 3.05) is 0 Å². The summed E-state index contributed by atoms with van der Waals surface area (Å²) in [5.74, 6) is 0. The topological polar surface area (TPSA) is 37.8 Å². The number of rotatable bonds is 4. The molecule has 0 saturated carbocycles. The molecule has 1 unspecified atom stereocenters. The highest BCUT2D eigenvalue weighted by Crippen LogP contribution is 2.27. The van der Waals surface area contributed by atoms with Crippen molar-refractivity contribution in [2.45, 2.75) is 25.9 Å². The van der Waals surface area contributed by atoms with E-state index in [-0.39, 0.29) is 12.1 Å². The zero-order valence-corrected chi connectivity index (χ0v) is 12.4. The number of hydrogen-bond acceptors (Lipinski definition) is 4. The maximum atomic E-state index is 4.70. The number of pyridine rings is 1. The van der Waals surface area contributed by atoms with Gasteiger partial charge in [0.1, 0.15) is 5.01 Å². The number of benzene rings is 1. The summed E-state index contributed by atoms with van der Waals surface area (Å²) >= 11 is 1.76. The van der Waals surface area contributed by atoms with Gasteiger partial charge in [0.15, 0.2) is 0 Å². The van der Waals surface area contributed by atoms with Gasteiger partial charge in [0.2, 0.25) is 0 Å². The minimum atomic E-state index is 0.232. The van der Waals surface area contributed by atoms with Crippen molar-refractivity contribution in [3.63, 3.8) is 0 Å². The van der Waals surface area contributed by atoms with E-state index in [0.29, 0.717) is 0 Å². The van der Waals surface area contributed by atoms with Crippen molar-refractivity contribution in [1.29, 1.82) is 0 Å². The third kappa shape index (κ3) is 2.71. The molecule has 0 aliphatic heterocycles. The highest BCUT2D eigenvalue weighted by molar-refractivity contribution is 7.18. The Balaban J connectivity index is 1.77. The largest absolute Gasteiger partial charge is 0.302 e. The Bertz CT molecular complexity index is 660. The second-order valence-electron chi connectivity index (χ2n) is 4.91. The minimum Gasteiger partial charge on any atom is -0.302 e. The Morgan fingerprint density at radius 3 is 2.50 bits per heavy atom. The fraction of sp³-hybridized carbons (Fsp3) is 0.250. The van der Waals surface area contributed by atoms with Crippen LogP contribution in [0, 0.1) is 0 Å². The molecule has 0 amide bonds. The molecular formula is C16H17N3S. The summed E-state index contributed by atoms with van der Waals surface area (Å²) in [4.78, 5) is 8.76. The Hall–Kier alpha value is -1.78. The van der Waals surface area contributed by atoms with Gasteiger partial charge in [-0.1, -0.05) is 12.1 Å². The minimum absolute atomic E-state index is 0.232. The predicted molar refractivity (Wildman–Crippen MR) is 83.8 cm³/mol. The molecule has 2 aromatic heterocycles. The number of hydrogen-bond donors (Lipinski definition) is 1. The molecular weight excluding hydrogens is 266 g/mol. The first kappa shape index (κ1) is 13.2. The maximum absolute atomic E-state index is 4.70. The van der Waals surface area contributed by atoms with E-state index in [2.05, 4.69) is 42.3 Å². The number of thiazole rings is 1. The summed E-state index contributed by atoms with van der Waals surface area (Å²) < 4.78 is 1.24. The van der Waals surface area contributed by atoms with Gasteiger partial charge in [-0.3, -0.25) is 4.98 Å². The molecule has 0 radical (unpaired) electrons. The van der Waals surface area contributed by atoms with E-state index in [1.807, 2.05) is 30.6 Å².